The summed E-state index contributed by atoms with van der Waals surface area (Å²) in [4.78, 5) is 13.9. The third kappa shape index (κ3) is 5.72. The van der Waals surface area contributed by atoms with Gasteiger partial charge in [0.05, 0.1) is 45.7 Å². The highest BCUT2D eigenvalue weighted by atomic mass is 32.1. The molecular weight excluding hydrogens is 492 g/mol. The number of ether oxygens (including phenoxy) is 5. The summed E-state index contributed by atoms with van der Waals surface area (Å²) in [5.74, 6) is 2.25. The molecule has 194 valence electrons. The molecule has 8 nitrogen and oxygen atoms in total. The van der Waals surface area contributed by atoms with Crippen molar-refractivity contribution in [3.63, 3.8) is 0 Å². The average Bonchev–Trinajstić information content (AvgIpc) is 2.94. The molecule has 0 aromatic heterocycles. The lowest BCUT2D eigenvalue weighted by molar-refractivity contribution is 0.0600. The Hall–Kier alpha value is -3.98. The highest BCUT2D eigenvalue weighted by Gasteiger charge is 2.32. The summed E-state index contributed by atoms with van der Waals surface area (Å²) < 4.78 is 27.6. The van der Waals surface area contributed by atoms with E-state index in [1.807, 2.05) is 36.4 Å². The van der Waals surface area contributed by atoms with Crippen molar-refractivity contribution in [1.29, 1.82) is 0 Å². The summed E-state index contributed by atoms with van der Waals surface area (Å²) in [5, 5.41) is 3.89. The molecule has 1 heterocycles. The Kier molecular flexibility index (Phi) is 8.35. The Morgan fingerprint density at radius 1 is 0.946 bits per heavy atom. The van der Waals surface area contributed by atoms with Crippen LogP contribution < -0.4 is 24.3 Å². The SMILES string of the molecule is COC(=O)c1ccc(OCC2c3cc(OC)c(OC)cc3CCN2C(=S)Nc2ccccc2OC)cc1. The largest absolute Gasteiger partial charge is 0.495 e. The minimum atomic E-state index is -0.396. The van der Waals surface area contributed by atoms with Gasteiger partial charge in [-0.2, -0.15) is 0 Å². The van der Waals surface area contributed by atoms with Crippen molar-refractivity contribution >= 4 is 29.0 Å². The van der Waals surface area contributed by atoms with E-state index >= 15 is 0 Å². The summed E-state index contributed by atoms with van der Waals surface area (Å²) in [6.45, 7) is 0.993. The summed E-state index contributed by atoms with van der Waals surface area (Å²) in [6.07, 6.45) is 0.772. The first-order chi connectivity index (χ1) is 18.0. The van der Waals surface area contributed by atoms with Crippen molar-refractivity contribution in [2.24, 2.45) is 0 Å². The second-order valence-corrected chi connectivity index (χ2v) is 8.71. The molecule has 1 atom stereocenters. The van der Waals surface area contributed by atoms with Gasteiger partial charge in [-0.05, 0) is 78.3 Å². The van der Waals surface area contributed by atoms with E-state index in [2.05, 4.69) is 10.2 Å². The van der Waals surface area contributed by atoms with Gasteiger partial charge in [0, 0.05) is 6.54 Å². The van der Waals surface area contributed by atoms with Crippen molar-refractivity contribution in [2.75, 3.05) is 46.9 Å². The van der Waals surface area contributed by atoms with Crippen molar-refractivity contribution in [3.8, 4) is 23.0 Å². The molecule has 0 saturated carbocycles. The van der Waals surface area contributed by atoms with Gasteiger partial charge in [0.2, 0.25) is 0 Å². The zero-order valence-electron chi connectivity index (χ0n) is 21.3. The zero-order valence-corrected chi connectivity index (χ0v) is 22.1. The van der Waals surface area contributed by atoms with E-state index in [0.29, 0.717) is 46.8 Å². The number of methoxy groups -OCH3 is 4. The number of nitrogens with zero attached hydrogens (tertiary/aromatic N) is 1. The van der Waals surface area contributed by atoms with E-state index < -0.39 is 5.97 Å². The fraction of sp³-hybridized carbons (Fsp3) is 0.286. The molecule has 0 radical (unpaired) electrons. The van der Waals surface area contributed by atoms with Crippen LogP contribution in [0.25, 0.3) is 0 Å². The number of carbonyl (C=O) groups is 1. The quantitative estimate of drug-likeness (QED) is 0.329. The van der Waals surface area contributed by atoms with Crippen LogP contribution in [0.15, 0.2) is 60.7 Å². The first-order valence-electron chi connectivity index (χ1n) is 11.8. The molecule has 0 fully saturated rings. The lowest BCUT2D eigenvalue weighted by atomic mass is 9.92. The molecule has 37 heavy (non-hydrogen) atoms. The van der Waals surface area contributed by atoms with E-state index in [1.54, 1.807) is 45.6 Å². The minimum Gasteiger partial charge on any atom is -0.495 e. The molecule has 1 unspecified atom stereocenters. The average molecular weight is 523 g/mol. The fourth-order valence-electron chi connectivity index (χ4n) is 4.37. The van der Waals surface area contributed by atoms with Crippen molar-refractivity contribution in [1.82, 2.24) is 4.90 Å². The molecular formula is C28H30N2O6S. The van der Waals surface area contributed by atoms with Gasteiger partial charge < -0.3 is 33.9 Å². The number of anilines is 1. The number of fused-ring (bicyclic) bond motifs is 1. The molecule has 9 heteroatoms. The van der Waals surface area contributed by atoms with E-state index in [0.717, 1.165) is 23.2 Å². The van der Waals surface area contributed by atoms with Gasteiger partial charge in [0.25, 0.3) is 0 Å². The molecule has 1 N–H and O–H groups in total. The number of carbonyl (C=O) groups excluding carboxylic acids is 1. The molecule has 3 aromatic carbocycles. The van der Waals surface area contributed by atoms with Gasteiger partial charge in [-0.15, -0.1) is 0 Å². The van der Waals surface area contributed by atoms with Crippen LogP contribution in [0.1, 0.15) is 27.5 Å². The zero-order chi connectivity index (χ0) is 26.4. The van der Waals surface area contributed by atoms with E-state index in [1.165, 1.54) is 7.11 Å². The van der Waals surface area contributed by atoms with Gasteiger partial charge in [0.1, 0.15) is 18.1 Å². The van der Waals surface area contributed by atoms with Crippen LogP contribution in [0.4, 0.5) is 5.69 Å². The number of esters is 1. The summed E-state index contributed by atoms with van der Waals surface area (Å²) in [7, 11) is 6.23. The van der Waals surface area contributed by atoms with Gasteiger partial charge in [-0.1, -0.05) is 12.1 Å². The third-order valence-electron chi connectivity index (χ3n) is 6.30. The molecule has 0 amide bonds. The molecule has 1 aliphatic rings. The molecule has 0 saturated heterocycles. The van der Waals surface area contributed by atoms with E-state index in [-0.39, 0.29) is 6.04 Å². The van der Waals surface area contributed by atoms with E-state index in [9.17, 15) is 4.79 Å². The first kappa shape index (κ1) is 26.1. The van der Waals surface area contributed by atoms with Crippen LogP contribution in [-0.2, 0) is 11.2 Å². The standard InChI is InChI=1S/C28H30N2O6S/c1-32-24-8-6-5-7-22(24)29-28(37)30-14-13-19-15-25(33-2)26(34-3)16-21(19)23(30)17-36-20-11-9-18(10-12-20)27(31)35-4/h5-12,15-16,23H,13-14,17H2,1-4H3,(H,29,37). The summed E-state index contributed by atoms with van der Waals surface area (Å²) in [5.41, 5.74) is 3.42. The topological polar surface area (TPSA) is 78.5 Å². The molecule has 3 aromatic rings. The van der Waals surface area contributed by atoms with Crippen LogP contribution in [0.2, 0.25) is 0 Å². The number of para-hydroxylation sites is 2. The van der Waals surface area contributed by atoms with Crippen LogP contribution in [0.3, 0.4) is 0 Å². The number of thiocarbonyl (C=S) groups is 1. The number of nitrogens with one attached hydrogen (secondary N) is 1. The second kappa shape index (κ2) is 11.8. The summed E-state index contributed by atoms with van der Waals surface area (Å²) in [6, 6.07) is 18.3. The molecule has 1 aliphatic heterocycles. The Morgan fingerprint density at radius 3 is 2.30 bits per heavy atom. The Balaban J connectivity index is 1.63. The van der Waals surface area contributed by atoms with Crippen molar-refractivity contribution < 1.29 is 28.5 Å². The predicted octanol–water partition coefficient (Wildman–Crippen LogP) is 4.87. The fourth-order valence-corrected chi connectivity index (χ4v) is 4.69. The lowest BCUT2D eigenvalue weighted by Gasteiger charge is -2.39. The Bertz CT molecular complexity index is 1260. The van der Waals surface area contributed by atoms with Gasteiger partial charge in [0.15, 0.2) is 16.6 Å². The summed E-state index contributed by atoms with van der Waals surface area (Å²) >= 11 is 5.87. The number of rotatable bonds is 8. The second-order valence-electron chi connectivity index (χ2n) is 8.32. The highest BCUT2D eigenvalue weighted by molar-refractivity contribution is 7.80. The molecule has 0 bridgehead atoms. The predicted molar refractivity (Wildman–Crippen MR) is 145 cm³/mol. The number of benzene rings is 3. The van der Waals surface area contributed by atoms with Crippen LogP contribution in [0, 0.1) is 0 Å². The van der Waals surface area contributed by atoms with E-state index in [4.69, 9.17) is 35.9 Å². The third-order valence-corrected chi connectivity index (χ3v) is 6.63. The lowest BCUT2D eigenvalue weighted by Crippen LogP contribution is -2.44. The van der Waals surface area contributed by atoms with Gasteiger partial charge >= 0.3 is 5.97 Å². The molecule has 0 spiro atoms. The monoisotopic (exact) mass is 522 g/mol. The van der Waals surface area contributed by atoms with Gasteiger partial charge in [-0.25, -0.2) is 4.79 Å². The Labute approximate surface area is 222 Å². The van der Waals surface area contributed by atoms with Crippen LogP contribution >= 0.6 is 12.2 Å². The maximum atomic E-state index is 11.8. The smallest absolute Gasteiger partial charge is 0.337 e. The minimum absolute atomic E-state index is 0.210. The van der Waals surface area contributed by atoms with Crippen LogP contribution in [0.5, 0.6) is 23.0 Å². The normalized spacial score (nSPS) is 14.3. The van der Waals surface area contributed by atoms with Crippen LogP contribution in [-0.4, -0.2) is 57.6 Å². The maximum absolute atomic E-state index is 11.8. The maximum Gasteiger partial charge on any atom is 0.337 e. The first-order valence-corrected chi connectivity index (χ1v) is 12.2. The number of hydrogen-bond donors (Lipinski definition) is 1. The molecule has 4 rings (SSSR count). The highest BCUT2D eigenvalue weighted by Crippen LogP contribution is 2.39. The van der Waals surface area contributed by atoms with Crippen molar-refractivity contribution in [2.45, 2.75) is 12.5 Å². The molecule has 0 aliphatic carbocycles. The van der Waals surface area contributed by atoms with Gasteiger partial charge in [-0.3, -0.25) is 0 Å². The Morgan fingerprint density at radius 2 is 1.62 bits per heavy atom. The number of hydrogen-bond acceptors (Lipinski definition) is 7. The van der Waals surface area contributed by atoms with Crippen molar-refractivity contribution in [3.05, 3.63) is 77.4 Å².